The molecule has 1 unspecified atom stereocenters. The predicted octanol–water partition coefficient (Wildman–Crippen LogP) is 2.33. The first kappa shape index (κ1) is 11.4. The summed E-state index contributed by atoms with van der Waals surface area (Å²) < 4.78 is 4.87. The molecule has 0 spiro atoms. The maximum atomic E-state index is 9.61. The fraction of sp³-hybridized carbons (Fsp3) is 0.333. The van der Waals surface area contributed by atoms with Crippen LogP contribution < -0.4 is 4.74 Å². The van der Waals surface area contributed by atoms with E-state index in [1.807, 2.05) is 0 Å². The second kappa shape index (κ2) is 4.73. The van der Waals surface area contributed by atoms with Crippen LogP contribution in [0.3, 0.4) is 0 Å². The molecule has 1 rings (SSSR count). The van der Waals surface area contributed by atoms with Crippen molar-refractivity contribution < 1.29 is 14.9 Å². The molecule has 0 aromatic heterocycles. The standard InChI is InChI=1S/C9H10Cl2O3/c1-14-8-3-5(11)2-6(9(8)13)7(12)4-10/h2-3,7,12-13H,4H2,1H3. The molecule has 1 aromatic carbocycles. The lowest BCUT2D eigenvalue weighted by Crippen LogP contribution is -2.00. The van der Waals surface area contributed by atoms with E-state index in [1.54, 1.807) is 0 Å². The van der Waals surface area contributed by atoms with Gasteiger partial charge in [-0.05, 0) is 6.07 Å². The SMILES string of the molecule is COc1cc(Cl)cc(C(O)CCl)c1O. The van der Waals surface area contributed by atoms with E-state index in [2.05, 4.69) is 0 Å². The lowest BCUT2D eigenvalue weighted by Gasteiger charge is -2.12. The van der Waals surface area contributed by atoms with Gasteiger partial charge in [-0.1, -0.05) is 11.6 Å². The highest BCUT2D eigenvalue weighted by molar-refractivity contribution is 6.30. The summed E-state index contributed by atoms with van der Waals surface area (Å²) >= 11 is 11.2. The fourth-order valence-corrected chi connectivity index (χ4v) is 1.47. The van der Waals surface area contributed by atoms with Crippen LogP contribution in [0.1, 0.15) is 11.7 Å². The van der Waals surface area contributed by atoms with Gasteiger partial charge in [-0.15, -0.1) is 11.6 Å². The number of rotatable bonds is 3. The molecule has 78 valence electrons. The van der Waals surface area contributed by atoms with Crippen LogP contribution in [0.15, 0.2) is 12.1 Å². The van der Waals surface area contributed by atoms with E-state index in [9.17, 15) is 10.2 Å². The first-order chi connectivity index (χ1) is 6.60. The highest BCUT2D eigenvalue weighted by Gasteiger charge is 2.16. The predicted molar refractivity (Wildman–Crippen MR) is 55.3 cm³/mol. The van der Waals surface area contributed by atoms with Gasteiger partial charge in [0.2, 0.25) is 0 Å². The average molecular weight is 237 g/mol. The summed E-state index contributed by atoms with van der Waals surface area (Å²) in [4.78, 5) is 0. The van der Waals surface area contributed by atoms with Gasteiger partial charge >= 0.3 is 0 Å². The Kier molecular flexibility index (Phi) is 3.86. The van der Waals surface area contributed by atoms with Crippen LogP contribution in [0.5, 0.6) is 11.5 Å². The number of alkyl halides is 1. The highest BCUT2D eigenvalue weighted by atomic mass is 35.5. The Morgan fingerprint density at radius 1 is 1.50 bits per heavy atom. The quantitative estimate of drug-likeness (QED) is 0.793. The van der Waals surface area contributed by atoms with Crippen molar-refractivity contribution in [2.24, 2.45) is 0 Å². The second-order valence-electron chi connectivity index (χ2n) is 2.72. The van der Waals surface area contributed by atoms with Gasteiger partial charge in [0.25, 0.3) is 0 Å². The summed E-state index contributed by atoms with van der Waals surface area (Å²) in [6.07, 6.45) is -0.954. The van der Waals surface area contributed by atoms with Crippen LogP contribution in [0.4, 0.5) is 0 Å². The van der Waals surface area contributed by atoms with Gasteiger partial charge in [0.15, 0.2) is 11.5 Å². The summed E-state index contributed by atoms with van der Waals surface area (Å²) in [5.74, 6) is 0.0681. The zero-order valence-electron chi connectivity index (χ0n) is 7.50. The molecule has 0 amide bonds. The number of phenolic OH excluding ortho intramolecular Hbond substituents is 1. The highest BCUT2D eigenvalue weighted by Crippen LogP contribution is 2.36. The van der Waals surface area contributed by atoms with Crippen molar-refractivity contribution >= 4 is 23.2 Å². The molecule has 0 aliphatic rings. The molecule has 2 N–H and O–H groups in total. The molecule has 0 radical (unpaired) electrons. The van der Waals surface area contributed by atoms with Crippen molar-refractivity contribution in [3.05, 3.63) is 22.7 Å². The number of phenols is 1. The molecule has 14 heavy (non-hydrogen) atoms. The van der Waals surface area contributed by atoms with Crippen LogP contribution in [0.25, 0.3) is 0 Å². The molecule has 0 bridgehead atoms. The molecule has 0 saturated carbocycles. The van der Waals surface area contributed by atoms with Gasteiger partial charge < -0.3 is 14.9 Å². The van der Waals surface area contributed by atoms with Crippen molar-refractivity contribution in [1.29, 1.82) is 0 Å². The third-order valence-corrected chi connectivity index (χ3v) is 2.30. The monoisotopic (exact) mass is 236 g/mol. The molecule has 0 fully saturated rings. The molecule has 1 atom stereocenters. The number of aromatic hydroxyl groups is 1. The number of benzene rings is 1. The minimum absolute atomic E-state index is 0.0168. The van der Waals surface area contributed by atoms with Crippen molar-refractivity contribution in [2.75, 3.05) is 13.0 Å². The first-order valence-electron chi connectivity index (χ1n) is 3.90. The summed E-state index contributed by atoms with van der Waals surface area (Å²) in [7, 11) is 1.40. The van der Waals surface area contributed by atoms with Crippen LogP contribution >= 0.6 is 23.2 Å². The summed E-state index contributed by atoms with van der Waals surface area (Å²) in [6.45, 7) is 0. The smallest absolute Gasteiger partial charge is 0.163 e. The number of aliphatic hydroxyl groups excluding tert-OH is 1. The number of hydrogen-bond donors (Lipinski definition) is 2. The van der Waals surface area contributed by atoms with Gasteiger partial charge in [-0.2, -0.15) is 0 Å². The minimum Gasteiger partial charge on any atom is -0.504 e. The van der Waals surface area contributed by atoms with Gasteiger partial charge in [0.1, 0.15) is 0 Å². The normalized spacial score (nSPS) is 12.6. The molecule has 0 aliphatic carbocycles. The Morgan fingerprint density at radius 2 is 2.14 bits per heavy atom. The summed E-state index contributed by atoms with van der Waals surface area (Å²) in [5, 5.41) is 19.4. The van der Waals surface area contributed by atoms with Crippen LogP contribution in [0.2, 0.25) is 5.02 Å². The van der Waals surface area contributed by atoms with E-state index in [-0.39, 0.29) is 22.9 Å². The molecular formula is C9H10Cl2O3. The van der Waals surface area contributed by atoms with E-state index in [1.165, 1.54) is 19.2 Å². The van der Waals surface area contributed by atoms with E-state index >= 15 is 0 Å². The lowest BCUT2D eigenvalue weighted by molar-refractivity contribution is 0.197. The van der Waals surface area contributed by atoms with E-state index in [4.69, 9.17) is 27.9 Å². The van der Waals surface area contributed by atoms with Crippen LogP contribution in [0, 0.1) is 0 Å². The van der Waals surface area contributed by atoms with E-state index < -0.39 is 6.10 Å². The molecule has 0 aliphatic heterocycles. The first-order valence-corrected chi connectivity index (χ1v) is 4.81. The van der Waals surface area contributed by atoms with Crippen LogP contribution in [-0.4, -0.2) is 23.2 Å². The average Bonchev–Trinajstić information content (AvgIpc) is 2.19. The second-order valence-corrected chi connectivity index (χ2v) is 3.46. The van der Waals surface area contributed by atoms with Crippen molar-refractivity contribution in [1.82, 2.24) is 0 Å². The van der Waals surface area contributed by atoms with Crippen molar-refractivity contribution in [3.63, 3.8) is 0 Å². The number of methoxy groups -OCH3 is 1. The minimum atomic E-state index is -0.954. The van der Waals surface area contributed by atoms with Gasteiger partial charge in [0, 0.05) is 16.7 Å². The largest absolute Gasteiger partial charge is 0.504 e. The Bertz CT molecular complexity index is 328. The Hall–Kier alpha value is -0.640. The fourth-order valence-electron chi connectivity index (χ4n) is 1.09. The third kappa shape index (κ3) is 2.23. The maximum absolute atomic E-state index is 9.61. The van der Waals surface area contributed by atoms with Crippen LogP contribution in [-0.2, 0) is 0 Å². The number of halogens is 2. The van der Waals surface area contributed by atoms with E-state index in [0.29, 0.717) is 5.02 Å². The van der Waals surface area contributed by atoms with E-state index in [0.717, 1.165) is 0 Å². The molecule has 0 saturated heterocycles. The summed E-state index contributed by atoms with van der Waals surface area (Å²) in [5.41, 5.74) is 0.268. The molecule has 3 nitrogen and oxygen atoms in total. The molecule has 1 aromatic rings. The number of ether oxygens (including phenoxy) is 1. The Balaban J connectivity index is 3.21. The van der Waals surface area contributed by atoms with Gasteiger partial charge in [-0.25, -0.2) is 0 Å². The number of hydrogen-bond acceptors (Lipinski definition) is 3. The third-order valence-electron chi connectivity index (χ3n) is 1.79. The number of aliphatic hydroxyl groups is 1. The molecule has 5 heteroatoms. The van der Waals surface area contributed by atoms with Gasteiger partial charge in [0.05, 0.1) is 19.1 Å². The zero-order valence-corrected chi connectivity index (χ0v) is 9.01. The van der Waals surface area contributed by atoms with Gasteiger partial charge in [-0.3, -0.25) is 0 Å². The molecule has 0 heterocycles. The lowest BCUT2D eigenvalue weighted by atomic mass is 10.1. The van der Waals surface area contributed by atoms with Crippen molar-refractivity contribution in [3.8, 4) is 11.5 Å². The van der Waals surface area contributed by atoms with Crippen molar-refractivity contribution in [2.45, 2.75) is 6.10 Å². The summed E-state index contributed by atoms with van der Waals surface area (Å²) in [6, 6.07) is 2.91. The molecular weight excluding hydrogens is 227 g/mol. The Morgan fingerprint density at radius 3 is 2.64 bits per heavy atom. The maximum Gasteiger partial charge on any atom is 0.163 e. The Labute approximate surface area is 91.8 Å². The topological polar surface area (TPSA) is 49.7 Å². The zero-order chi connectivity index (χ0) is 10.7.